The van der Waals surface area contributed by atoms with Gasteiger partial charge >= 0.3 is 0 Å². The van der Waals surface area contributed by atoms with Crippen molar-refractivity contribution in [3.63, 3.8) is 0 Å². The van der Waals surface area contributed by atoms with Crippen LogP contribution in [0.5, 0.6) is 0 Å². The molecule has 0 aromatic heterocycles. The molecule has 3 rings (SSSR count). The van der Waals surface area contributed by atoms with Gasteiger partial charge in [0.05, 0.1) is 18.1 Å². The van der Waals surface area contributed by atoms with E-state index in [0.717, 1.165) is 31.2 Å². The molecule has 1 amide bonds. The molecule has 144 valence electrons. The van der Waals surface area contributed by atoms with Gasteiger partial charge in [0.2, 0.25) is 5.91 Å². The van der Waals surface area contributed by atoms with Crippen LogP contribution in [0, 0.1) is 0 Å². The van der Waals surface area contributed by atoms with Gasteiger partial charge in [-0.05, 0) is 44.0 Å². The first-order valence-electron chi connectivity index (χ1n) is 9.28. The van der Waals surface area contributed by atoms with Gasteiger partial charge in [-0.3, -0.25) is 9.69 Å². The summed E-state index contributed by atoms with van der Waals surface area (Å²) in [4.78, 5) is 16.9. The summed E-state index contributed by atoms with van der Waals surface area (Å²) >= 11 is 5.92. The highest BCUT2D eigenvalue weighted by atomic mass is 35.5. The minimum Gasteiger partial charge on any atom is -0.335 e. The van der Waals surface area contributed by atoms with Crippen LogP contribution in [0.4, 0.5) is 0 Å². The van der Waals surface area contributed by atoms with Gasteiger partial charge in [-0.2, -0.15) is 0 Å². The summed E-state index contributed by atoms with van der Waals surface area (Å²) in [5.41, 5.74) is 1.10. The Labute approximate surface area is 161 Å². The number of likely N-dealkylation sites (N-methyl/N-ethyl adjacent to an activating group) is 1. The summed E-state index contributed by atoms with van der Waals surface area (Å²) < 4.78 is 23.8. The van der Waals surface area contributed by atoms with Crippen molar-refractivity contribution in [3.8, 4) is 0 Å². The van der Waals surface area contributed by atoms with Gasteiger partial charge in [0.1, 0.15) is 0 Å². The van der Waals surface area contributed by atoms with Crippen LogP contribution < -0.4 is 0 Å². The molecule has 7 heteroatoms. The van der Waals surface area contributed by atoms with Crippen LogP contribution in [-0.4, -0.2) is 61.3 Å². The fourth-order valence-corrected chi connectivity index (χ4v) is 5.99. The second kappa shape index (κ2) is 8.28. The predicted molar refractivity (Wildman–Crippen MR) is 104 cm³/mol. The molecular formula is C19H27ClN2O3S. The molecule has 5 nitrogen and oxygen atoms in total. The number of sulfone groups is 1. The first-order valence-corrected chi connectivity index (χ1v) is 11.5. The number of benzene rings is 1. The van der Waals surface area contributed by atoms with E-state index in [4.69, 9.17) is 11.6 Å². The van der Waals surface area contributed by atoms with E-state index in [1.807, 2.05) is 41.1 Å². The summed E-state index contributed by atoms with van der Waals surface area (Å²) in [6.45, 7) is 0.958. The molecule has 1 aromatic carbocycles. The highest BCUT2D eigenvalue weighted by molar-refractivity contribution is 7.91. The van der Waals surface area contributed by atoms with E-state index < -0.39 is 9.84 Å². The lowest BCUT2D eigenvalue weighted by atomic mass is 10.1. The van der Waals surface area contributed by atoms with Crippen molar-refractivity contribution in [1.29, 1.82) is 0 Å². The maximum absolute atomic E-state index is 13.1. The van der Waals surface area contributed by atoms with Crippen LogP contribution in [0.2, 0.25) is 5.02 Å². The lowest BCUT2D eigenvalue weighted by molar-refractivity contribution is -0.136. The third kappa shape index (κ3) is 4.99. The van der Waals surface area contributed by atoms with Crippen LogP contribution in [0.1, 0.15) is 37.7 Å². The van der Waals surface area contributed by atoms with Crippen molar-refractivity contribution in [2.45, 2.75) is 50.7 Å². The number of rotatable bonds is 6. The van der Waals surface area contributed by atoms with Crippen molar-refractivity contribution in [3.05, 3.63) is 34.9 Å². The molecule has 0 radical (unpaired) electrons. The third-order valence-electron chi connectivity index (χ3n) is 5.38. The van der Waals surface area contributed by atoms with E-state index in [0.29, 0.717) is 24.5 Å². The molecule has 2 fully saturated rings. The fraction of sp³-hybridized carbons (Fsp3) is 0.632. The van der Waals surface area contributed by atoms with Crippen molar-refractivity contribution < 1.29 is 13.2 Å². The number of hydrogen-bond donors (Lipinski definition) is 0. The van der Waals surface area contributed by atoms with Gasteiger partial charge in [0.15, 0.2) is 9.84 Å². The minimum absolute atomic E-state index is 0.0514. The van der Waals surface area contributed by atoms with Crippen LogP contribution in [0.3, 0.4) is 0 Å². The minimum atomic E-state index is -3.00. The Morgan fingerprint density at radius 1 is 1.12 bits per heavy atom. The quantitative estimate of drug-likeness (QED) is 0.739. The van der Waals surface area contributed by atoms with E-state index in [9.17, 15) is 13.2 Å². The van der Waals surface area contributed by atoms with Crippen molar-refractivity contribution >= 4 is 27.3 Å². The molecule has 1 aromatic rings. The molecule has 1 saturated carbocycles. The Balaban J connectivity index is 1.65. The van der Waals surface area contributed by atoms with Crippen molar-refractivity contribution in [2.24, 2.45) is 0 Å². The third-order valence-corrected chi connectivity index (χ3v) is 7.38. The second-order valence-corrected chi connectivity index (χ2v) is 10.3. The Kier molecular flexibility index (Phi) is 6.25. The molecule has 1 aliphatic heterocycles. The standard InChI is InChI=1S/C19H27ClN2O3S/c1-21(12-15-6-8-16(20)9-7-15)13-19(23)22(17-4-2-3-5-17)18-10-11-26(24,25)14-18/h6-9,17-18H,2-5,10-14H2,1H3/t18-/m1/s1. The average molecular weight is 399 g/mol. The van der Waals surface area contributed by atoms with Gasteiger partial charge in [-0.25, -0.2) is 8.42 Å². The van der Waals surface area contributed by atoms with Gasteiger partial charge in [-0.15, -0.1) is 0 Å². The van der Waals surface area contributed by atoms with Crippen molar-refractivity contribution in [2.75, 3.05) is 25.1 Å². The highest BCUT2D eigenvalue weighted by Gasteiger charge is 2.39. The molecule has 0 bridgehead atoms. The van der Waals surface area contributed by atoms with Crippen LogP contribution in [-0.2, 0) is 21.2 Å². The normalized spacial score (nSPS) is 22.8. The maximum Gasteiger partial charge on any atom is 0.237 e. The van der Waals surface area contributed by atoms with E-state index in [2.05, 4.69) is 0 Å². The van der Waals surface area contributed by atoms with Gasteiger partial charge < -0.3 is 4.90 Å². The summed E-state index contributed by atoms with van der Waals surface area (Å²) in [6, 6.07) is 7.66. The molecule has 2 aliphatic rings. The largest absolute Gasteiger partial charge is 0.335 e. The molecule has 1 aliphatic carbocycles. The zero-order valence-corrected chi connectivity index (χ0v) is 16.8. The Hall–Kier alpha value is -1.11. The fourth-order valence-electron chi connectivity index (χ4n) is 4.15. The molecule has 0 spiro atoms. The predicted octanol–water partition coefficient (Wildman–Crippen LogP) is 2.73. The first-order chi connectivity index (χ1) is 12.3. The van der Waals surface area contributed by atoms with E-state index in [1.54, 1.807) is 0 Å². The van der Waals surface area contributed by atoms with E-state index in [1.165, 1.54) is 0 Å². The zero-order chi connectivity index (χ0) is 18.7. The summed E-state index contributed by atoms with van der Waals surface area (Å²) in [7, 11) is -1.08. The molecule has 0 N–H and O–H groups in total. The smallest absolute Gasteiger partial charge is 0.237 e. The maximum atomic E-state index is 13.1. The second-order valence-electron chi connectivity index (χ2n) is 7.59. The van der Waals surface area contributed by atoms with Gasteiger partial charge in [0, 0.05) is 23.7 Å². The number of carbonyl (C=O) groups is 1. The average Bonchev–Trinajstić information content (AvgIpc) is 3.20. The number of hydrogen-bond acceptors (Lipinski definition) is 4. The van der Waals surface area contributed by atoms with Crippen LogP contribution in [0.15, 0.2) is 24.3 Å². The molecule has 1 heterocycles. The summed E-state index contributed by atoms with van der Waals surface area (Å²) in [5, 5.41) is 0.697. The lowest BCUT2D eigenvalue weighted by Gasteiger charge is -2.35. The lowest BCUT2D eigenvalue weighted by Crippen LogP contribution is -2.50. The summed E-state index contributed by atoms with van der Waals surface area (Å²) in [6.07, 6.45) is 4.79. The van der Waals surface area contributed by atoms with Crippen LogP contribution in [0.25, 0.3) is 0 Å². The number of carbonyl (C=O) groups excluding carboxylic acids is 1. The van der Waals surface area contributed by atoms with Gasteiger partial charge in [0.25, 0.3) is 0 Å². The molecular weight excluding hydrogens is 372 g/mol. The van der Waals surface area contributed by atoms with Crippen molar-refractivity contribution in [1.82, 2.24) is 9.80 Å². The van der Waals surface area contributed by atoms with E-state index >= 15 is 0 Å². The monoisotopic (exact) mass is 398 g/mol. The number of nitrogens with zero attached hydrogens (tertiary/aromatic N) is 2. The Morgan fingerprint density at radius 2 is 1.77 bits per heavy atom. The number of halogens is 1. The van der Waals surface area contributed by atoms with Crippen LogP contribution >= 0.6 is 11.6 Å². The zero-order valence-electron chi connectivity index (χ0n) is 15.2. The first kappa shape index (κ1) is 19.6. The molecule has 1 saturated heterocycles. The number of amides is 1. The topological polar surface area (TPSA) is 57.7 Å². The Morgan fingerprint density at radius 3 is 2.35 bits per heavy atom. The van der Waals surface area contributed by atoms with Gasteiger partial charge in [-0.1, -0.05) is 36.6 Å². The van der Waals surface area contributed by atoms with E-state index in [-0.39, 0.29) is 29.5 Å². The Bertz CT molecular complexity index is 730. The highest BCUT2D eigenvalue weighted by Crippen LogP contribution is 2.29. The SMILES string of the molecule is CN(CC(=O)N(C1CCCC1)[C@@H]1CCS(=O)(=O)C1)Cc1ccc(Cl)cc1. The molecule has 0 unspecified atom stereocenters. The summed E-state index contributed by atoms with van der Waals surface area (Å²) in [5.74, 6) is 0.376. The molecule has 26 heavy (non-hydrogen) atoms. The molecule has 1 atom stereocenters.